The molecule has 0 aliphatic carbocycles. The minimum Gasteiger partial charge on any atom is -0.497 e. The number of aromatic nitrogens is 2. The summed E-state index contributed by atoms with van der Waals surface area (Å²) in [7, 11) is 1.53. The van der Waals surface area contributed by atoms with Crippen molar-refractivity contribution < 1.29 is 18.7 Å². The zero-order valence-electron chi connectivity index (χ0n) is 20.1. The van der Waals surface area contributed by atoms with Crippen molar-refractivity contribution in [2.75, 3.05) is 17.3 Å². The Morgan fingerprint density at radius 3 is 2.33 bits per heavy atom. The Bertz CT molecular complexity index is 1360. The van der Waals surface area contributed by atoms with Gasteiger partial charge in [-0.3, -0.25) is 19.5 Å². The molecule has 7 nitrogen and oxygen atoms in total. The molecule has 3 aromatic carbocycles. The molecule has 0 spiro atoms. The van der Waals surface area contributed by atoms with Crippen LogP contribution in [0.1, 0.15) is 33.2 Å². The van der Waals surface area contributed by atoms with Crippen LogP contribution in [0.5, 0.6) is 5.75 Å². The van der Waals surface area contributed by atoms with Crippen LogP contribution in [0.4, 0.5) is 15.8 Å². The first-order valence-corrected chi connectivity index (χ1v) is 11.2. The molecule has 2 amide bonds. The monoisotopic (exact) mass is 484 g/mol. The molecule has 1 atom stereocenters. The van der Waals surface area contributed by atoms with Gasteiger partial charge in [0, 0.05) is 23.8 Å². The minimum atomic E-state index is -1.11. The second-order valence-corrected chi connectivity index (χ2v) is 8.29. The molecule has 4 aromatic rings. The number of hydrogen-bond donors (Lipinski definition) is 1. The van der Waals surface area contributed by atoms with E-state index in [0.717, 1.165) is 11.1 Å². The average molecular weight is 485 g/mol. The van der Waals surface area contributed by atoms with Crippen LogP contribution in [-0.4, -0.2) is 28.9 Å². The van der Waals surface area contributed by atoms with Gasteiger partial charge in [-0.05, 0) is 79.1 Å². The van der Waals surface area contributed by atoms with E-state index in [2.05, 4.69) is 15.3 Å². The normalized spacial score (nSPS) is 11.4. The highest BCUT2D eigenvalue weighted by Crippen LogP contribution is 2.33. The maximum absolute atomic E-state index is 13.9. The number of halogens is 1. The van der Waals surface area contributed by atoms with Crippen molar-refractivity contribution in [2.45, 2.75) is 19.9 Å². The topological polar surface area (TPSA) is 84.4 Å². The van der Waals surface area contributed by atoms with E-state index < -0.39 is 23.7 Å². The van der Waals surface area contributed by atoms with Crippen LogP contribution in [0.3, 0.4) is 0 Å². The van der Waals surface area contributed by atoms with Gasteiger partial charge in [0.15, 0.2) is 0 Å². The predicted molar refractivity (Wildman–Crippen MR) is 136 cm³/mol. The van der Waals surface area contributed by atoms with Gasteiger partial charge in [0.25, 0.3) is 11.8 Å². The van der Waals surface area contributed by atoms with Crippen molar-refractivity contribution in [3.63, 3.8) is 0 Å². The van der Waals surface area contributed by atoms with Crippen LogP contribution in [-0.2, 0) is 4.79 Å². The highest BCUT2D eigenvalue weighted by molar-refractivity contribution is 6.11. The van der Waals surface area contributed by atoms with Gasteiger partial charge >= 0.3 is 0 Å². The van der Waals surface area contributed by atoms with E-state index >= 15 is 0 Å². The summed E-state index contributed by atoms with van der Waals surface area (Å²) in [5, 5.41) is 2.81. The summed E-state index contributed by atoms with van der Waals surface area (Å²) in [5.41, 5.74) is 3.35. The Labute approximate surface area is 208 Å². The Balaban J connectivity index is 1.89. The molecule has 0 fully saturated rings. The second kappa shape index (κ2) is 10.8. The third-order valence-corrected chi connectivity index (χ3v) is 5.51. The first kappa shape index (κ1) is 24.5. The van der Waals surface area contributed by atoms with E-state index in [1.165, 1.54) is 54.9 Å². The lowest BCUT2D eigenvalue weighted by Crippen LogP contribution is -2.42. The number of benzene rings is 3. The smallest absolute Gasteiger partial charge is 0.279 e. The van der Waals surface area contributed by atoms with Gasteiger partial charge in [-0.15, -0.1) is 0 Å². The van der Waals surface area contributed by atoms with E-state index in [4.69, 9.17) is 4.74 Å². The summed E-state index contributed by atoms with van der Waals surface area (Å²) in [4.78, 5) is 37.4. The fraction of sp³-hybridized carbons (Fsp3) is 0.143. The van der Waals surface area contributed by atoms with Gasteiger partial charge < -0.3 is 10.1 Å². The predicted octanol–water partition coefficient (Wildman–Crippen LogP) is 5.27. The summed E-state index contributed by atoms with van der Waals surface area (Å²) in [5.74, 6) is -0.895. The van der Waals surface area contributed by atoms with Crippen LogP contribution >= 0.6 is 0 Å². The molecule has 0 saturated heterocycles. The minimum absolute atomic E-state index is 0.0825. The average Bonchev–Trinajstić information content (AvgIpc) is 2.88. The number of methoxy groups -OCH3 is 1. The van der Waals surface area contributed by atoms with Crippen molar-refractivity contribution in [1.82, 2.24) is 9.97 Å². The third kappa shape index (κ3) is 5.55. The summed E-state index contributed by atoms with van der Waals surface area (Å²) in [6.45, 7) is 3.83. The fourth-order valence-corrected chi connectivity index (χ4v) is 3.98. The summed E-state index contributed by atoms with van der Waals surface area (Å²) >= 11 is 0. The number of aryl methyl sites for hydroxylation is 2. The number of carbonyl (C=O) groups is 2. The molecule has 1 aromatic heterocycles. The summed E-state index contributed by atoms with van der Waals surface area (Å²) < 4.78 is 18.8. The molecule has 0 saturated carbocycles. The molecule has 182 valence electrons. The maximum Gasteiger partial charge on any atom is 0.279 e. The number of nitrogens with one attached hydrogen (secondary N) is 1. The van der Waals surface area contributed by atoms with E-state index in [1.54, 1.807) is 24.3 Å². The van der Waals surface area contributed by atoms with Gasteiger partial charge in [-0.25, -0.2) is 9.37 Å². The van der Waals surface area contributed by atoms with Gasteiger partial charge in [0.1, 0.15) is 23.3 Å². The first-order chi connectivity index (χ1) is 17.4. The number of anilines is 2. The maximum atomic E-state index is 13.9. The van der Waals surface area contributed by atoms with E-state index in [-0.39, 0.29) is 5.69 Å². The second-order valence-electron chi connectivity index (χ2n) is 8.29. The molecule has 8 heteroatoms. The zero-order chi connectivity index (χ0) is 25.7. The Morgan fingerprint density at radius 1 is 0.972 bits per heavy atom. The SMILES string of the molecule is COc1cccc([C@@H](C(=O)Nc2ccc(F)cc2)N(C(=O)c2cnccn2)c2cc(C)cc(C)c2)c1. The highest BCUT2D eigenvalue weighted by atomic mass is 19.1. The van der Waals surface area contributed by atoms with Crippen molar-refractivity contribution >= 4 is 23.2 Å². The first-order valence-electron chi connectivity index (χ1n) is 11.2. The molecule has 1 heterocycles. The lowest BCUT2D eigenvalue weighted by Gasteiger charge is -2.32. The number of carbonyl (C=O) groups excluding carboxylic acids is 2. The zero-order valence-corrected chi connectivity index (χ0v) is 20.1. The fourth-order valence-electron chi connectivity index (χ4n) is 3.98. The van der Waals surface area contributed by atoms with Crippen LogP contribution < -0.4 is 15.0 Å². The largest absolute Gasteiger partial charge is 0.497 e. The molecule has 0 radical (unpaired) electrons. The van der Waals surface area contributed by atoms with Crippen LogP contribution in [0.2, 0.25) is 0 Å². The van der Waals surface area contributed by atoms with Crippen LogP contribution in [0, 0.1) is 19.7 Å². The molecule has 0 aliphatic rings. The van der Waals surface area contributed by atoms with Crippen molar-refractivity contribution in [3.05, 3.63) is 114 Å². The van der Waals surface area contributed by atoms with Crippen molar-refractivity contribution in [2.24, 2.45) is 0 Å². The third-order valence-electron chi connectivity index (χ3n) is 5.51. The number of amides is 2. The number of ether oxygens (including phenoxy) is 1. The molecule has 0 aliphatic heterocycles. The lowest BCUT2D eigenvalue weighted by atomic mass is 10.0. The van der Waals surface area contributed by atoms with Gasteiger partial charge in [-0.1, -0.05) is 18.2 Å². The van der Waals surface area contributed by atoms with Gasteiger partial charge in [0.05, 0.1) is 13.3 Å². The molecule has 4 rings (SSSR count). The number of nitrogens with zero attached hydrogens (tertiary/aromatic N) is 3. The molecule has 36 heavy (non-hydrogen) atoms. The van der Waals surface area contributed by atoms with E-state index in [9.17, 15) is 14.0 Å². The number of hydrogen-bond acceptors (Lipinski definition) is 5. The van der Waals surface area contributed by atoms with Crippen LogP contribution in [0.25, 0.3) is 0 Å². The van der Waals surface area contributed by atoms with Gasteiger partial charge in [-0.2, -0.15) is 0 Å². The Hall–Kier alpha value is -4.59. The van der Waals surface area contributed by atoms with E-state index in [0.29, 0.717) is 22.7 Å². The van der Waals surface area contributed by atoms with Crippen molar-refractivity contribution in [3.8, 4) is 5.75 Å². The Kier molecular flexibility index (Phi) is 7.34. The summed E-state index contributed by atoms with van der Waals surface area (Å²) in [6, 6.07) is 16.9. The highest BCUT2D eigenvalue weighted by Gasteiger charge is 2.34. The lowest BCUT2D eigenvalue weighted by molar-refractivity contribution is -0.117. The van der Waals surface area contributed by atoms with E-state index in [1.807, 2.05) is 32.0 Å². The summed E-state index contributed by atoms with van der Waals surface area (Å²) in [6.07, 6.45) is 4.25. The molecule has 1 N–H and O–H groups in total. The van der Waals surface area contributed by atoms with Crippen LogP contribution in [0.15, 0.2) is 85.3 Å². The van der Waals surface area contributed by atoms with Crippen molar-refractivity contribution in [1.29, 1.82) is 0 Å². The quantitative estimate of drug-likeness (QED) is 0.386. The molecular formula is C28H25FN4O3. The molecular weight excluding hydrogens is 459 g/mol. The molecule has 0 unspecified atom stereocenters. The standard InChI is InChI=1S/C28H25FN4O3/c1-18-13-19(2)15-23(14-18)33(28(35)25-17-30-11-12-31-25)26(20-5-4-6-24(16-20)36-3)27(34)32-22-9-7-21(29)8-10-22/h4-17,26H,1-3H3,(H,32,34)/t26-/m0/s1. The molecule has 0 bridgehead atoms. The Morgan fingerprint density at radius 2 is 1.69 bits per heavy atom. The van der Waals surface area contributed by atoms with Gasteiger partial charge in [0.2, 0.25) is 0 Å². The number of rotatable bonds is 7.